The summed E-state index contributed by atoms with van der Waals surface area (Å²) in [6, 6.07) is 14.0. The number of nitrogens with zero attached hydrogens (tertiary/aromatic N) is 2. The van der Waals surface area contributed by atoms with E-state index in [0.29, 0.717) is 17.8 Å². The molecule has 3 rings (SSSR count). The third kappa shape index (κ3) is 4.89. The molecular weight excluding hydrogens is 364 g/mol. The minimum atomic E-state index is -0.472. The van der Waals surface area contributed by atoms with Crippen LogP contribution in [0.3, 0.4) is 0 Å². The normalized spacial score (nSPS) is 10.3. The molecule has 0 saturated carbocycles. The van der Waals surface area contributed by atoms with Crippen LogP contribution in [0.15, 0.2) is 53.9 Å². The summed E-state index contributed by atoms with van der Waals surface area (Å²) in [7, 11) is 0. The Morgan fingerprint density at radius 1 is 1.11 bits per heavy atom. The van der Waals surface area contributed by atoms with Crippen molar-refractivity contribution in [2.75, 3.05) is 11.9 Å². The van der Waals surface area contributed by atoms with Gasteiger partial charge in [-0.1, -0.05) is 40.9 Å². The van der Waals surface area contributed by atoms with Crippen molar-refractivity contribution < 1.29 is 14.3 Å². The average Bonchev–Trinajstić information content (AvgIpc) is 3.22. The number of benzene rings is 2. The first-order valence-electron chi connectivity index (χ1n) is 8.34. The van der Waals surface area contributed by atoms with Gasteiger partial charge in [0.15, 0.2) is 0 Å². The van der Waals surface area contributed by atoms with Crippen molar-refractivity contribution >= 4 is 29.2 Å². The second kappa shape index (κ2) is 8.91. The number of amides is 2. The maximum absolute atomic E-state index is 12.2. The average molecular weight is 382 g/mol. The van der Waals surface area contributed by atoms with E-state index in [1.54, 1.807) is 31.2 Å². The number of hydrogen-bond donors (Lipinski definition) is 2. The van der Waals surface area contributed by atoms with Crippen molar-refractivity contribution in [1.29, 1.82) is 0 Å². The van der Waals surface area contributed by atoms with Gasteiger partial charge in [-0.05, 0) is 36.2 Å². The first-order valence-corrected chi connectivity index (χ1v) is 9.18. The fourth-order valence-electron chi connectivity index (χ4n) is 2.41. The molecule has 7 nitrogen and oxygen atoms in total. The van der Waals surface area contributed by atoms with Gasteiger partial charge in [-0.15, -0.1) is 5.10 Å². The summed E-state index contributed by atoms with van der Waals surface area (Å²) in [6.45, 7) is 2.35. The number of urea groups is 1. The molecule has 3 aromatic rings. The number of esters is 1. The van der Waals surface area contributed by atoms with Gasteiger partial charge in [0, 0.05) is 17.5 Å². The Bertz CT molecular complexity index is 911. The third-order valence-corrected chi connectivity index (χ3v) is 4.24. The predicted octanol–water partition coefficient (Wildman–Crippen LogP) is 3.70. The molecule has 8 heteroatoms. The van der Waals surface area contributed by atoms with E-state index in [4.69, 9.17) is 4.74 Å². The predicted molar refractivity (Wildman–Crippen MR) is 104 cm³/mol. The number of ether oxygens (including phenoxy) is 1. The summed E-state index contributed by atoms with van der Waals surface area (Å²) in [5.74, 6) is -0.472. The second-order valence-electron chi connectivity index (χ2n) is 5.56. The minimum Gasteiger partial charge on any atom is -0.462 e. The number of nitrogens with one attached hydrogen (secondary N) is 2. The van der Waals surface area contributed by atoms with E-state index in [0.717, 1.165) is 16.8 Å². The molecule has 1 heterocycles. The van der Waals surface area contributed by atoms with Crippen LogP contribution < -0.4 is 10.6 Å². The van der Waals surface area contributed by atoms with E-state index >= 15 is 0 Å². The maximum atomic E-state index is 12.2. The van der Waals surface area contributed by atoms with Crippen LogP contribution in [0.25, 0.3) is 11.3 Å². The molecular formula is C19H18N4O3S. The Balaban J connectivity index is 1.58. The van der Waals surface area contributed by atoms with Crippen LogP contribution in [-0.4, -0.2) is 28.2 Å². The van der Waals surface area contributed by atoms with Gasteiger partial charge in [0.1, 0.15) is 5.69 Å². The summed E-state index contributed by atoms with van der Waals surface area (Å²) in [4.78, 5) is 24.1. The number of carbonyl (C=O) groups excluding carboxylic acids is 2. The van der Waals surface area contributed by atoms with E-state index in [1.165, 1.54) is 11.5 Å². The molecule has 2 N–H and O–H groups in total. The first-order chi connectivity index (χ1) is 13.2. The van der Waals surface area contributed by atoms with Gasteiger partial charge < -0.3 is 15.4 Å². The van der Waals surface area contributed by atoms with Gasteiger partial charge in [-0.25, -0.2) is 9.59 Å². The van der Waals surface area contributed by atoms with Gasteiger partial charge in [0.05, 0.1) is 17.9 Å². The maximum Gasteiger partial charge on any atom is 0.340 e. The Morgan fingerprint density at radius 3 is 2.59 bits per heavy atom. The van der Waals surface area contributed by atoms with Gasteiger partial charge in [0.2, 0.25) is 0 Å². The zero-order chi connectivity index (χ0) is 19.1. The van der Waals surface area contributed by atoms with Crippen molar-refractivity contribution in [3.05, 3.63) is 65.0 Å². The van der Waals surface area contributed by atoms with Gasteiger partial charge in [0.25, 0.3) is 0 Å². The van der Waals surface area contributed by atoms with Crippen molar-refractivity contribution in [3.63, 3.8) is 0 Å². The number of anilines is 1. The largest absolute Gasteiger partial charge is 0.462 e. The number of carbonyl (C=O) groups is 2. The molecule has 0 bridgehead atoms. The number of para-hydroxylation sites is 1. The molecule has 0 atom stereocenters. The highest BCUT2D eigenvalue weighted by atomic mass is 32.1. The zero-order valence-corrected chi connectivity index (χ0v) is 15.5. The molecule has 27 heavy (non-hydrogen) atoms. The quantitative estimate of drug-likeness (QED) is 0.634. The van der Waals surface area contributed by atoms with Crippen LogP contribution in [0.5, 0.6) is 0 Å². The summed E-state index contributed by atoms with van der Waals surface area (Å²) < 4.78 is 8.85. The van der Waals surface area contributed by atoms with E-state index in [9.17, 15) is 9.59 Å². The molecule has 0 unspecified atom stereocenters. The van der Waals surface area contributed by atoms with Crippen LogP contribution in [-0.2, 0) is 11.3 Å². The highest BCUT2D eigenvalue weighted by Gasteiger charge is 2.13. The lowest BCUT2D eigenvalue weighted by atomic mass is 10.1. The minimum absolute atomic E-state index is 0.270. The summed E-state index contributed by atoms with van der Waals surface area (Å²) >= 11 is 1.30. The topological polar surface area (TPSA) is 93.2 Å². The smallest absolute Gasteiger partial charge is 0.340 e. The molecule has 0 aliphatic heterocycles. The molecule has 0 aliphatic carbocycles. The molecule has 138 valence electrons. The van der Waals surface area contributed by atoms with Gasteiger partial charge in [-0.2, -0.15) is 0 Å². The van der Waals surface area contributed by atoms with E-state index in [2.05, 4.69) is 20.2 Å². The fraction of sp³-hybridized carbons (Fsp3) is 0.158. The van der Waals surface area contributed by atoms with Crippen molar-refractivity contribution in [2.24, 2.45) is 0 Å². The number of rotatable bonds is 6. The summed E-state index contributed by atoms with van der Waals surface area (Å²) in [5.41, 5.74) is 3.46. The SMILES string of the molecule is CCOC(=O)c1ccccc1NC(=O)NCc1ccc(-c2csnn2)cc1. The molecule has 0 saturated heterocycles. The monoisotopic (exact) mass is 382 g/mol. The molecule has 0 radical (unpaired) electrons. The lowest BCUT2D eigenvalue weighted by Gasteiger charge is -2.11. The zero-order valence-electron chi connectivity index (χ0n) is 14.6. The van der Waals surface area contributed by atoms with Crippen LogP contribution in [0.1, 0.15) is 22.8 Å². The molecule has 0 aliphatic rings. The van der Waals surface area contributed by atoms with Gasteiger partial charge in [-0.3, -0.25) is 0 Å². The molecule has 0 fully saturated rings. The second-order valence-corrected chi connectivity index (χ2v) is 6.17. The van der Waals surface area contributed by atoms with Crippen LogP contribution >= 0.6 is 11.5 Å². The standard InChI is InChI=1S/C19H18N4O3S/c1-2-26-18(24)15-5-3-4-6-16(15)21-19(25)20-11-13-7-9-14(10-8-13)17-12-27-23-22-17/h3-10,12H,2,11H2,1H3,(H2,20,21,25). The van der Waals surface area contributed by atoms with Gasteiger partial charge >= 0.3 is 12.0 Å². The number of aromatic nitrogens is 2. The highest BCUT2D eigenvalue weighted by molar-refractivity contribution is 7.03. The Morgan fingerprint density at radius 2 is 1.89 bits per heavy atom. The summed E-state index contributed by atoms with van der Waals surface area (Å²) in [5, 5.41) is 11.4. The van der Waals surface area contributed by atoms with E-state index in [1.807, 2.05) is 29.6 Å². The van der Waals surface area contributed by atoms with Crippen LogP contribution in [0.4, 0.5) is 10.5 Å². The number of hydrogen-bond acceptors (Lipinski definition) is 6. The Labute approximate surface area is 160 Å². The van der Waals surface area contributed by atoms with Crippen molar-refractivity contribution in [3.8, 4) is 11.3 Å². The molecule has 0 spiro atoms. The van der Waals surface area contributed by atoms with Crippen molar-refractivity contribution in [2.45, 2.75) is 13.5 Å². The molecule has 2 aromatic carbocycles. The highest BCUT2D eigenvalue weighted by Crippen LogP contribution is 2.18. The van der Waals surface area contributed by atoms with Crippen molar-refractivity contribution in [1.82, 2.24) is 14.9 Å². The summed E-state index contributed by atoms with van der Waals surface area (Å²) in [6.07, 6.45) is 0. The third-order valence-electron chi connectivity index (χ3n) is 3.73. The Kier molecular flexibility index (Phi) is 6.11. The Hall–Kier alpha value is -3.26. The molecule has 1 aromatic heterocycles. The lowest BCUT2D eigenvalue weighted by Crippen LogP contribution is -2.29. The van der Waals surface area contributed by atoms with Crippen LogP contribution in [0, 0.1) is 0 Å². The fourth-order valence-corrected chi connectivity index (χ4v) is 2.88. The first kappa shape index (κ1) is 18.5. The molecule has 2 amide bonds. The lowest BCUT2D eigenvalue weighted by molar-refractivity contribution is 0.0527. The van der Waals surface area contributed by atoms with Crippen LogP contribution in [0.2, 0.25) is 0 Å². The van der Waals surface area contributed by atoms with E-state index in [-0.39, 0.29) is 6.61 Å². The van der Waals surface area contributed by atoms with E-state index < -0.39 is 12.0 Å².